The van der Waals surface area contributed by atoms with Crippen LogP contribution < -0.4 is 4.90 Å². The number of likely N-dealkylation sites (N-methyl/N-ethyl adjacent to an activating group) is 1. The lowest BCUT2D eigenvalue weighted by molar-refractivity contribution is 0.690. The molecule has 0 spiro atoms. The summed E-state index contributed by atoms with van der Waals surface area (Å²) in [6.45, 7) is 4.32. The third-order valence-corrected chi connectivity index (χ3v) is 7.00. The van der Waals surface area contributed by atoms with E-state index in [0.29, 0.717) is 6.04 Å². The maximum Gasteiger partial charge on any atom is 0.0561 e. The molecule has 2 aromatic rings. The molecule has 2 nitrogen and oxygen atoms in total. The highest BCUT2D eigenvalue weighted by molar-refractivity contribution is 8.15. The lowest BCUT2D eigenvalue weighted by Crippen LogP contribution is -2.31. The Bertz CT molecular complexity index is 997. The van der Waals surface area contributed by atoms with Gasteiger partial charge in [-0.15, -0.1) is 0 Å². The van der Waals surface area contributed by atoms with Crippen molar-refractivity contribution in [3.05, 3.63) is 107 Å². The molecule has 1 aliphatic carbocycles. The molecule has 4 rings (SSSR count). The van der Waals surface area contributed by atoms with Gasteiger partial charge in [0.1, 0.15) is 0 Å². The molecule has 2 aliphatic rings. The SMILES string of the molecule is Cc1cccc(N(c2cccc(C)c2)C2C=CC(N(C)S3=CC=CC=C3)=CC2)c1. The van der Waals surface area contributed by atoms with Crippen molar-refractivity contribution in [1.82, 2.24) is 4.31 Å². The smallest absolute Gasteiger partial charge is 0.0561 e. The highest BCUT2D eigenvalue weighted by Crippen LogP contribution is 2.34. The normalized spacial score (nSPS) is 20.2. The van der Waals surface area contributed by atoms with Crippen LogP contribution in [0, 0.1) is 13.8 Å². The van der Waals surface area contributed by atoms with Crippen LogP contribution in [-0.2, 0) is 0 Å². The fourth-order valence-electron chi connectivity index (χ4n) is 3.78. The molecule has 1 aliphatic heterocycles. The number of hydrogen-bond acceptors (Lipinski definition) is 2. The second kappa shape index (κ2) is 8.71. The third-order valence-electron chi connectivity index (χ3n) is 5.29. The van der Waals surface area contributed by atoms with Gasteiger partial charge in [-0.3, -0.25) is 0 Å². The van der Waals surface area contributed by atoms with Crippen LogP contribution >= 0.6 is 10.7 Å². The summed E-state index contributed by atoms with van der Waals surface area (Å²) < 4.78 is 2.36. The predicted molar refractivity (Wildman–Crippen MR) is 130 cm³/mol. The maximum atomic E-state index is 2.46. The Morgan fingerprint density at radius 1 is 0.897 bits per heavy atom. The van der Waals surface area contributed by atoms with E-state index < -0.39 is 0 Å². The first kappa shape index (κ1) is 19.5. The minimum Gasteiger partial charge on any atom is -0.334 e. The van der Waals surface area contributed by atoms with Crippen LogP contribution in [0.25, 0.3) is 0 Å². The van der Waals surface area contributed by atoms with Gasteiger partial charge in [0, 0.05) is 24.1 Å². The highest BCUT2D eigenvalue weighted by atomic mass is 32.2. The molecule has 0 radical (unpaired) electrons. The molecule has 29 heavy (non-hydrogen) atoms. The van der Waals surface area contributed by atoms with Crippen molar-refractivity contribution in [3.8, 4) is 0 Å². The summed E-state index contributed by atoms with van der Waals surface area (Å²) in [6.07, 6.45) is 14.3. The van der Waals surface area contributed by atoms with Crippen molar-refractivity contribution in [1.29, 1.82) is 0 Å². The first-order valence-electron chi connectivity index (χ1n) is 10.1. The minimum absolute atomic E-state index is 0.0208. The van der Waals surface area contributed by atoms with Crippen molar-refractivity contribution >= 4 is 27.4 Å². The van der Waals surface area contributed by atoms with Gasteiger partial charge < -0.3 is 9.21 Å². The first-order valence-corrected chi connectivity index (χ1v) is 11.4. The molecule has 1 heterocycles. The van der Waals surface area contributed by atoms with E-state index in [0.717, 1.165) is 6.42 Å². The van der Waals surface area contributed by atoms with Gasteiger partial charge in [-0.05, 0) is 72.5 Å². The summed E-state index contributed by atoms with van der Waals surface area (Å²) in [4.78, 5) is 2.46. The van der Waals surface area contributed by atoms with Gasteiger partial charge in [-0.25, -0.2) is 0 Å². The largest absolute Gasteiger partial charge is 0.334 e. The van der Waals surface area contributed by atoms with E-state index in [4.69, 9.17) is 0 Å². The Kier molecular flexibility index (Phi) is 5.86. The van der Waals surface area contributed by atoms with E-state index in [1.165, 1.54) is 28.2 Å². The Balaban J connectivity index is 1.62. The number of benzene rings is 2. The lowest BCUT2D eigenvalue weighted by atomic mass is 10.0. The van der Waals surface area contributed by atoms with Gasteiger partial charge in [0.2, 0.25) is 0 Å². The molecule has 2 atom stereocenters. The quantitative estimate of drug-likeness (QED) is 0.518. The number of anilines is 2. The third kappa shape index (κ3) is 4.46. The summed E-state index contributed by atoms with van der Waals surface area (Å²) in [5, 5.41) is 4.51. The van der Waals surface area contributed by atoms with Gasteiger partial charge in [-0.2, -0.15) is 0 Å². The van der Waals surface area contributed by atoms with E-state index in [-0.39, 0.29) is 10.7 Å². The summed E-state index contributed by atoms with van der Waals surface area (Å²) in [7, 11) is 2.20. The highest BCUT2D eigenvalue weighted by Gasteiger charge is 2.21. The minimum atomic E-state index is 0.0208. The van der Waals surface area contributed by atoms with Crippen LogP contribution in [-0.4, -0.2) is 22.8 Å². The fraction of sp³-hybridized carbons (Fsp3) is 0.192. The molecule has 0 fully saturated rings. The van der Waals surface area contributed by atoms with E-state index in [2.05, 4.69) is 126 Å². The number of allylic oxidation sites excluding steroid dienone is 4. The van der Waals surface area contributed by atoms with Crippen LogP contribution in [0.2, 0.25) is 0 Å². The summed E-state index contributed by atoms with van der Waals surface area (Å²) in [5.41, 5.74) is 6.33. The molecule has 2 unspecified atom stereocenters. The van der Waals surface area contributed by atoms with Gasteiger partial charge in [0.05, 0.1) is 6.04 Å². The van der Waals surface area contributed by atoms with Crippen LogP contribution in [0.15, 0.2) is 96.1 Å². The average molecular weight is 401 g/mol. The maximum absolute atomic E-state index is 2.46. The predicted octanol–water partition coefficient (Wildman–Crippen LogP) is 6.66. The monoisotopic (exact) mass is 400 g/mol. The Hall–Kier alpha value is -2.78. The molecular formula is C26H28N2S. The Morgan fingerprint density at radius 3 is 2.10 bits per heavy atom. The molecule has 0 N–H and O–H groups in total. The van der Waals surface area contributed by atoms with Crippen LogP contribution in [0.4, 0.5) is 11.4 Å². The molecular weight excluding hydrogens is 372 g/mol. The van der Waals surface area contributed by atoms with Crippen molar-refractivity contribution in [2.45, 2.75) is 26.3 Å². The summed E-state index contributed by atoms with van der Waals surface area (Å²) in [5.74, 6) is 0. The number of rotatable bonds is 5. The molecule has 148 valence electrons. The molecule has 0 amide bonds. The number of aryl methyl sites for hydroxylation is 2. The van der Waals surface area contributed by atoms with Crippen LogP contribution in [0.3, 0.4) is 0 Å². The van der Waals surface area contributed by atoms with Crippen molar-refractivity contribution in [2.75, 3.05) is 11.9 Å². The number of nitrogens with zero attached hydrogens (tertiary/aromatic N) is 2. The molecule has 0 bridgehead atoms. The number of hydrogen-bond donors (Lipinski definition) is 0. The lowest BCUT2D eigenvalue weighted by Gasteiger charge is -2.35. The fourth-order valence-corrected chi connectivity index (χ4v) is 5.11. The van der Waals surface area contributed by atoms with Gasteiger partial charge >= 0.3 is 0 Å². The van der Waals surface area contributed by atoms with Crippen LogP contribution in [0.5, 0.6) is 0 Å². The first-order chi connectivity index (χ1) is 14.1. The van der Waals surface area contributed by atoms with E-state index in [1.54, 1.807) is 0 Å². The molecule has 0 saturated heterocycles. The zero-order valence-electron chi connectivity index (χ0n) is 17.3. The van der Waals surface area contributed by atoms with E-state index in [1.807, 2.05) is 0 Å². The van der Waals surface area contributed by atoms with Crippen molar-refractivity contribution < 1.29 is 0 Å². The van der Waals surface area contributed by atoms with Gasteiger partial charge in [0.25, 0.3) is 0 Å². The molecule has 0 aromatic heterocycles. The summed E-state index contributed by atoms with van der Waals surface area (Å²) >= 11 is 0. The Morgan fingerprint density at radius 2 is 1.59 bits per heavy atom. The zero-order chi connectivity index (χ0) is 20.2. The second-order valence-corrected chi connectivity index (χ2v) is 9.32. The zero-order valence-corrected chi connectivity index (χ0v) is 18.1. The van der Waals surface area contributed by atoms with Gasteiger partial charge in [-0.1, -0.05) is 65.3 Å². The summed E-state index contributed by atoms with van der Waals surface area (Å²) in [6, 6.07) is 17.9. The van der Waals surface area contributed by atoms with Crippen molar-refractivity contribution in [2.24, 2.45) is 0 Å². The molecule has 0 saturated carbocycles. The second-order valence-electron chi connectivity index (χ2n) is 7.53. The van der Waals surface area contributed by atoms with Crippen LogP contribution in [0.1, 0.15) is 17.5 Å². The molecule has 2 aromatic carbocycles. The standard InChI is InChI=1S/C26H28N2S/c1-21-9-7-11-25(19-21)28(26-12-8-10-22(2)20-26)24-15-13-23(14-16-24)27(3)29-17-5-4-6-18-29/h4-15,17-20,24H,16H2,1-3H3. The van der Waals surface area contributed by atoms with Gasteiger partial charge in [0.15, 0.2) is 0 Å². The van der Waals surface area contributed by atoms with E-state index >= 15 is 0 Å². The molecule has 3 heteroatoms. The average Bonchev–Trinajstić information content (AvgIpc) is 2.75. The Labute approximate surface area is 177 Å². The van der Waals surface area contributed by atoms with E-state index in [9.17, 15) is 0 Å². The topological polar surface area (TPSA) is 6.48 Å². The van der Waals surface area contributed by atoms with Crippen molar-refractivity contribution in [3.63, 3.8) is 0 Å².